The lowest BCUT2D eigenvalue weighted by Gasteiger charge is -2.33. The average Bonchev–Trinajstić information content (AvgIpc) is 3.29. The van der Waals surface area contributed by atoms with Crippen LogP contribution in [0.25, 0.3) is 0 Å². The van der Waals surface area contributed by atoms with E-state index in [1.54, 1.807) is 34.1 Å². The summed E-state index contributed by atoms with van der Waals surface area (Å²) in [5.41, 5.74) is 1.75. The molecule has 2 saturated heterocycles. The van der Waals surface area contributed by atoms with Crippen LogP contribution in [0.2, 0.25) is 0 Å². The van der Waals surface area contributed by atoms with Gasteiger partial charge in [-0.2, -0.15) is 0 Å². The van der Waals surface area contributed by atoms with Gasteiger partial charge in [-0.1, -0.05) is 37.3 Å². The summed E-state index contributed by atoms with van der Waals surface area (Å²) >= 11 is 0. The number of carbonyl (C=O) groups is 4. The fourth-order valence-electron chi connectivity index (χ4n) is 4.71. The van der Waals surface area contributed by atoms with Crippen molar-refractivity contribution in [1.29, 1.82) is 0 Å². The van der Waals surface area contributed by atoms with Gasteiger partial charge in [0.05, 0.1) is 17.2 Å². The molecule has 184 valence electrons. The number of nitrogens with zero attached hydrogens (tertiary/aromatic N) is 2. The van der Waals surface area contributed by atoms with Crippen LogP contribution in [0.1, 0.15) is 43.0 Å². The molecule has 2 aliphatic rings. The number of rotatable bonds is 7. The SMILES string of the molecule is CCCNC(=O)c1ccccc1NC(=O)C1CCN(C(=O)C2CC(=O)N(c3ccccc3)C2)CC1. The molecule has 4 rings (SSSR count). The first-order valence-corrected chi connectivity index (χ1v) is 12.3. The minimum Gasteiger partial charge on any atom is -0.352 e. The van der Waals surface area contributed by atoms with Gasteiger partial charge in [0.2, 0.25) is 17.7 Å². The largest absolute Gasteiger partial charge is 0.352 e. The number of likely N-dealkylation sites (tertiary alicyclic amines) is 1. The number of para-hydroxylation sites is 2. The molecular formula is C27H32N4O4. The lowest BCUT2D eigenvalue weighted by molar-refractivity contribution is -0.138. The first-order chi connectivity index (χ1) is 17.0. The van der Waals surface area contributed by atoms with Crippen LogP contribution in [-0.2, 0) is 14.4 Å². The van der Waals surface area contributed by atoms with Crippen LogP contribution in [0.5, 0.6) is 0 Å². The number of carbonyl (C=O) groups excluding carboxylic acids is 4. The molecule has 1 unspecified atom stereocenters. The van der Waals surface area contributed by atoms with Crippen molar-refractivity contribution in [3.63, 3.8) is 0 Å². The monoisotopic (exact) mass is 476 g/mol. The van der Waals surface area contributed by atoms with Crippen molar-refractivity contribution in [3.05, 3.63) is 60.2 Å². The van der Waals surface area contributed by atoms with Crippen molar-refractivity contribution >= 4 is 35.0 Å². The molecule has 0 aromatic heterocycles. The Balaban J connectivity index is 1.31. The topological polar surface area (TPSA) is 98.8 Å². The van der Waals surface area contributed by atoms with Crippen molar-refractivity contribution in [1.82, 2.24) is 10.2 Å². The van der Waals surface area contributed by atoms with Crippen LogP contribution in [0.4, 0.5) is 11.4 Å². The Morgan fingerprint density at radius 3 is 2.34 bits per heavy atom. The molecule has 2 heterocycles. The molecule has 2 N–H and O–H groups in total. The quantitative estimate of drug-likeness (QED) is 0.642. The minimum atomic E-state index is -0.360. The molecule has 35 heavy (non-hydrogen) atoms. The van der Waals surface area contributed by atoms with Crippen LogP contribution < -0.4 is 15.5 Å². The smallest absolute Gasteiger partial charge is 0.253 e. The lowest BCUT2D eigenvalue weighted by Crippen LogP contribution is -2.44. The zero-order valence-corrected chi connectivity index (χ0v) is 20.0. The molecule has 1 atom stereocenters. The van der Waals surface area contributed by atoms with Gasteiger partial charge in [-0.05, 0) is 43.5 Å². The van der Waals surface area contributed by atoms with E-state index in [2.05, 4.69) is 10.6 Å². The van der Waals surface area contributed by atoms with Crippen LogP contribution >= 0.6 is 0 Å². The average molecular weight is 477 g/mol. The van der Waals surface area contributed by atoms with Crippen molar-refractivity contribution in [2.45, 2.75) is 32.6 Å². The summed E-state index contributed by atoms with van der Waals surface area (Å²) < 4.78 is 0. The number of hydrogen-bond donors (Lipinski definition) is 2. The maximum absolute atomic E-state index is 13.1. The van der Waals surface area contributed by atoms with Gasteiger partial charge in [-0.25, -0.2) is 0 Å². The van der Waals surface area contributed by atoms with Gasteiger partial charge in [0, 0.05) is 44.2 Å². The maximum atomic E-state index is 13.1. The van der Waals surface area contributed by atoms with E-state index in [0.717, 1.165) is 12.1 Å². The van der Waals surface area contributed by atoms with Gasteiger partial charge in [-0.15, -0.1) is 0 Å². The summed E-state index contributed by atoms with van der Waals surface area (Å²) in [6, 6.07) is 16.4. The van der Waals surface area contributed by atoms with Crippen molar-refractivity contribution in [3.8, 4) is 0 Å². The lowest BCUT2D eigenvalue weighted by atomic mass is 9.94. The van der Waals surface area contributed by atoms with Gasteiger partial charge < -0.3 is 20.4 Å². The van der Waals surface area contributed by atoms with Crippen LogP contribution in [0.15, 0.2) is 54.6 Å². The number of benzene rings is 2. The van der Waals surface area contributed by atoms with Gasteiger partial charge in [0.1, 0.15) is 0 Å². The van der Waals surface area contributed by atoms with E-state index in [4.69, 9.17) is 0 Å². The highest BCUT2D eigenvalue weighted by molar-refractivity contribution is 6.04. The Kier molecular flexibility index (Phi) is 7.80. The highest BCUT2D eigenvalue weighted by atomic mass is 16.2. The second kappa shape index (κ2) is 11.2. The maximum Gasteiger partial charge on any atom is 0.253 e. The van der Waals surface area contributed by atoms with Gasteiger partial charge in [0.15, 0.2) is 0 Å². The first kappa shape index (κ1) is 24.4. The molecule has 2 fully saturated rings. The van der Waals surface area contributed by atoms with Crippen molar-refractivity contribution in [2.24, 2.45) is 11.8 Å². The zero-order valence-electron chi connectivity index (χ0n) is 20.0. The Labute approximate surface area is 205 Å². The van der Waals surface area contributed by atoms with Gasteiger partial charge in [-0.3, -0.25) is 19.2 Å². The van der Waals surface area contributed by atoms with E-state index in [9.17, 15) is 19.2 Å². The van der Waals surface area contributed by atoms with E-state index in [1.807, 2.05) is 37.3 Å². The van der Waals surface area contributed by atoms with Crippen LogP contribution in [0.3, 0.4) is 0 Å². The number of amides is 4. The fraction of sp³-hybridized carbons (Fsp3) is 0.407. The van der Waals surface area contributed by atoms with Crippen molar-refractivity contribution in [2.75, 3.05) is 36.4 Å². The first-order valence-electron chi connectivity index (χ1n) is 12.3. The molecule has 4 amide bonds. The highest BCUT2D eigenvalue weighted by Gasteiger charge is 2.38. The van der Waals surface area contributed by atoms with E-state index in [0.29, 0.717) is 50.3 Å². The van der Waals surface area contributed by atoms with Crippen molar-refractivity contribution < 1.29 is 19.2 Å². The zero-order chi connectivity index (χ0) is 24.8. The summed E-state index contributed by atoms with van der Waals surface area (Å²) in [6.45, 7) is 3.90. The summed E-state index contributed by atoms with van der Waals surface area (Å²) in [5.74, 6) is -1.00. The third kappa shape index (κ3) is 5.70. The highest BCUT2D eigenvalue weighted by Crippen LogP contribution is 2.28. The number of anilines is 2. The normalized spacial score (nSPS) is 18.4. The predicted octanol–water partition coefficient (Wildman–Crippen LogP) is 3.06. The predicted molar refractivity (Wildman–Crippen MR) is 134 cm³/mol. The van der Waals surface area contributed by atoms with E-state index in [-0.39, 0.29) is 41.9 Å². The van der Waals surface area contributed by atoms with Gasteiger partial charge in [0.25, 0.3) is 5.91 Å². The second-order valence-corrected chi connectivity index (χ2v) is 9.13. The Hall–Kier alpha value is -3.68. The molecule has 0 spiro atoms. The molecule has 2 aliphatic heterocycles. The summed E-state index contributed by atoms with van der Waals surface area (Å²) in [7, 11) is 0. The Bertz CT molecular complexity index is 1080. The van der Waals surface area contributed by atoms with E-state index < -0.39 is 0 Å². The third-order valence-electron chi connectivity index (χ3n) is 6.68. The van der Waals surface area contributed by atoms with E-state index in [1.165, 1.54) is 0 Å². The number of piperidine rings is 1. The molecule has 0 radical (unpaired) electrons. The molecule has 0 bridgehead atoms. The van der Waals surface area contributed by atoms with Crippen LogP contribution in [0, 0.1) is 11.8 Å². The minimum absolute atomic E-state index is 0.0198. The molecule has 0 aliphatic carbocycles. The summed E-state index contributed by atoms with van der Waals surface area (Å²) in [4.78, 5) is 54.4. The van der Waals surface area contributed by atoms with Crippen LogP contribution in [-0.4, -0.2) is 54.7 Å². The molecule has 2 aromatic carbocycles. The Morgan fingerprint density at radius 2 is 1.63 bits per heavy atom. The number of hydrogen-bond acceptors (Lipinski definition) is 4. The molecular weight excluding hydrogens is 444 g/mol. The standard InChI is InChI=1S/C27H32N4O4/c1-2-14-28-26(34)22-10-6-7-11-23(22)29-25(33)19-12-15-30(16-13-19)27(35)20-17-24(32)31(18-20)21-8-4-3-5-9-21/h3-11,19-20H,2,12-18H2,1H3,(H,28,34)(H,29,33). The molecule has 0 saturated carbocycles. The summed E-state index contributed by atoms with van der Waals surface area (Å²) in [5, 5.41) is 5.75. The van der Waals surface area contributed by atoms with E-state index >= 15 is 0 Å². The molecule has 2 aromatic rings. The molecule has 8 heteroatoms. The third-order valence-corrected chi connectivity index (χ3v) is 6.68. The molecule has 8 nitrogen and oxygen atoms in total. The summed E-state index contributed by atoms with van der Waals surface area (Å²) in [6.07, 6.45) is 2.14. The fourth-order valence-corrected chi connectivity index (χ4v) is 4.71. The number of nitrogens with one attached hydrogen (secondary N) is 2. The van der Waals surface area contributed by atoms with Gasteiger partial charge >= 0.3 is 0 Å². The second-order valence-electron chi connectivity index (χ2n) is 9.13. The Morgan fingerprint density at radius 1 is 0.943 bits per heavy atom.